The summed E-state index contributed by atoms with van der Waals surface area (Å²) in [7, 11) is 3.16. The van der Waals surface area contributed by atoms with Crippen molar-refractivity contribution in [2.24, 2.45) is 5.73 Å². The average Bonchev–Trinajstić information content (AvgIpc) is 2.45. The number of ether oxygens (including phenoxy) is 2. The van der Waals surface area contributed by atoms with Crippen molar-refractivity contribution in [3.8, 4) is 11.5 Å². The normalized spacial score (nSPS) is 15.6. The molecule has 0 amide bonds. The molecule has 3 unspecified atom stereocenters. The van der Waals surface area contributed by atoms with Gasteiger partial charge >= 0.3 is 0 Å². The van der Waals surface area contributed by atoms with Crippen molar-refractivity contribution in [3.63, 3.8) is 0 Å². The molecule has 0 saturated carbocycles. The van der Waals surface area contributed by atoms with Gasteiger partial charge in [-0.25, -0.2) is 0 Å². The summed E-state index contributed by atoms with van der Waals surface area (Å²) in [4.78, 5) is 0. The van der Waals surface area contributed by atoms with Gasteiger partial charge in [0.1, 0.15) is 0 Å². The Hall–Kier alpha value is -0.970. The molecule has 20 heavy (non-hydrogen) atoms. The summed E-state index contributed by atoms with van der Waals surface area (Å²) in [6.07, 6.45) is 0.761. The third-order valence-electron chi connectivity index (χ3n) is 3.59. The number of nitrogens with two attached hydrogens (primary N) is 1. The van der Waals surface area contributed by atoms with E-state index in [1.54, 1.807) is 20.3 Å². The van der Waals surface area contributed by atoms with Gasteiger partial charge in [0.05, 0.1) is 20.3 Å². The van der Waals surface area contributed by atoms with Crippen molar-refractivity contribution in [2.75, 3.05) is 14.2 Å². The topological polar surface area (TPSA) is 64.7 Å². The Morgan fingerprint density at radius 3 is 2.30 bits per heavy atom. The zero-order valence-electron chi connectivity index (χ0n) is 12.5. The Kier molecular flexibility index (Phi) is 6.59. The van der Waals surface area contributed by atoms with E-state index in [-0.39, 0.29) is 12.0 Å². The highest BCUT2D eigenvalue weighted by Crippen LogP contribution is 2.37. The van der Waals surface area contributed by atoms with Crippen LogP contribution in [0.1, 0.15) is 38.2 Å². The lowest BCUT2D eigenvalue weighted by atomic mass is 9.91. The Morgan fingerprint density at radius 1 is 1.25 bits per heavy atom. The van der Waals surface area contributed by atoms with Crippen LogP contribution in [0.25, 0.3) is 0 Å². The van der Waals surface area contributed by atoms with Crippen LogP contribution in [-0.2, 0) is 0 Å². The predicted octanol–water partition coefficient (Wildman–Crippen LogP) is 2.95. The number of aliphatic hydroxyl groups excluding tert-OH is 1. The molecular weight excluding hydrogens is 278 g/mol. The molecule has 114 valence electrons. The lowest BCUT2D eigenvalue weighted by Crippen LogP contribution is -2.34. The van der Waals surface area contributed by atoms with Gasteiger partial charge in [0.25, 0.3) is 0 Å². The second-order valence-electron chi connectivity index (χ2n) is 5.00. The summed E-state index contributed by atoms with van der Waals surface area (Å²) in [5.74, 6) is 1.31. The number of benzene rings is 1. The molecular formula is C15H24ClNO3. The Morgan fingerprint density at radius 2 is 1.80 bits per heavy atom. The molecule has 0 aliphatic carbocycles. The quantitative estimate of drug-likeness (QED) is 0.812. The highest BCUT2D eigenvalue weighted by Gasteiger charge is 2.20. The summed E-state index contributed by atoms with van der Waals surface area (Å²) in [5.41, 5.74) is 6.78. The molecule has 0 bridgehead atoms. The molecule has 0 heterocycles. The van der Waals surface area contributed by atoms with Crippen molar-refractivity contribution in [1.82, 2.24) is 0 Å². The fourth-order valence-electron chi connectivity index (χ4n) is 2.18. The fraction of sp³-hybridized carbons (Fsp3) is 0.600. The standard InChI is InChI=1S/C15H24ClNO3/c1-5-12(17)13(18)6-9(2)10-7-14(19-3)15(20-4)8-11(10)16/h7-9,12-13,18H,5-6,17H2,1-4H3. The molecule has 4 nitrogen and oxygen atoms in total. The first-order valence-corrected chi connectivity index (χ1v) is 7.17. The van der Waals surface area contributed by atoms with E-state index >= 15 is 0 Å². The largest absolute Gasteiger partial charge is 0.493 e. The third kappa shape index (κ3) is 4.01. The smallest absolute Gasteiger partial charge is 0.162 e. The summed E-state index contributed by atoms with van der Waals surface area (Å²) >= 11 is 6.28. The van der Waals surface area contributed by atoms with Gasteiger partial charge in [0.2, 0.25) is 0 Å². The highest BCUT2D eigenvalue weighted by atomic mass is 35.5. The van der Waals surface area contributed by atoms with Gasteiger partial charge in [0, 0.05) is 17.1 Å². The predicted molar refractivity (Wildman–Crippen MR) is 81.9 cm³/mol. The minimum Gasteiger partial charge on any atom is -0.493 e. The Labute approximate surface area is 125 Å². The fourth-order valence-corrected chi connectivity index (χ4v) is 2.52. The van der Waals surface area contributed by atoms with Crippen LogP contribution >= 0.6 is 11.6 Å². The summed E-state index contributed by atoms with van der Waals surface area (Å²) in [6.45, 7) is 3.97. The molecule has 0 aromatic heterocycles. The van der Waals surface area contributed by atoms with E-state index in [0.717, 1.165) is 12.0 Å². The molecule has 0 aliphatic heterocycles. The first-order chi connectivity index (χ1) is 9.44. The second kappa shape index (κ2) is 7.72. The van der Waals surface area contributed by atoms with E-state index in [0.29, 0.717) is 22.9 Å². The lowest BCUT2D eigenvalue weighted by molar-refractivity contribution is 0.126. The summed E-state index contributed by atoms with van der Waals surface area (Å²) in [5, 5.41) is 10.6. The van der Waals surface area contributed by atoms with Crippen LogP contribution in [0.3, 0.4) is 0 Å². The van der Waals surface area contributed by atoms with Gasteiger partial charge in [-0.1, -0.05) is 25.4 Å². The van der Waals surface area contributed by atoms with Gasteiger partial charge in [-0.3, -0.25) is 0 Å². The van der Waals surface area contributed by atoms with E-state index in [1.165, 1.54) is 0 Å². The monoisotopic (exact) mass is 301 g/mol. The minimum absolute atomic E-state index is 0.0786. The van der Waals surface area contributed by atoms with Crippen molar-refractivity contribution in [1.29, 1.82) is 0 Å². The first kappa shape index (κ1) is 17.1. The maximum atomic E-state index is 10.0. The second-order valence-corrected chi connectivity index (χ2v) is 5.41. The summed E-state index contributed by atoms with van der Waals surface area (Å²) in [6, 6.07) is 3.38. The molecule has 1 aromatic rings. The summed E-state index contributed by atoms with van der Waals surface area (Å²) < 4.78 is 10.5. The van der Waals surface area contributed by atoms with Crippen LogP contribution < -0.4 is 15.2 Å². The molecule has 0 saturated heterocycles. The van der Waals surface area contributed by atoms with Gasteiger partial charge in [-0.2, -0.15) is 0 Å². The molecule has 3 atom stereocenters. The van der Waals surface area contributed by atoms with Crippen LogP contribution in [0.15, 0.2) is 12.1 Å². The highest BCUT2D eigenvalue weighted by molar-refractivity contribution is 6.31. The van der Waals surface area contributed by atoms with Crippen molar-refractivity contribution in [3.05, 3.63) is 22.7 Å². The van der Waals surface area contributed by atoms with Gasteiger partial charge in [-0.05, 0) is 30.4 Å². The van der Waals surface area contributed by atoms with Crippen LogP contribution in [0.4, 0.5) is 0 Å². The van der Waals surface area contributed by atoms with Crippen molar-refractivity contribution < 1.29 is 14.6 Å². The maximum absolute atomic E-state index is 10.0. The number of aliphatic hydroxyl groups is 1. The van der Waals surface area contributed by atoms with E-state index < -0.39 is 6.10 Å². The zero-order valence-corrected chi connectivity index (χ0v) is 13.3. The van der Waals surface area contributed by atoms with Gasteiger partial charge < -0.3 is 20.3 Å². The minimum atomic E-state index is -0.542. The van der Waals surface area contributed by atoms with E-state index in [9.17, 15) is 5.11 Å². The van der Waals surface area contributed by atoms with Crippen molar-refractivity contribution in [2.45, 2.75) is 44.8 Å². The molecule has 0 radical (unpaired) electrons. The first-order valence-electron chi connectivity index (χ1n) is 6.79. The Bertz CT molecular complexity index is 439. The number of rotatable bonds is 7. The van der Waals surface area contributed by atoms with E-state index in [1.807, 2.05) is 19.9 Å². The van der Waals surface area contributed by atoms with Gasteiger partial charge in [0.15, 0.2) is 11.5 Å². The molecule has 0 spiro atoms. The zero-order chi connectivity index (χ0) is 15.3. The number of hydrogen-bond donors (Lipinski definition) is 2. The van der Waals surface area contributed by atoms with E-state index in [2.05, 4.69) is 0 Å². The van der Waals surface area contributed by atoms with Gasteiger partial charge in [-0.15, -0.1) is 0 Å². The average molecular weight is 302 g/mol. The van der Waals surface area contributed by atoms with E-state index in [4.69, 9.17) is 26.8 Å². The van der Waals surface area contributed by atoms with Crippen LogP contribution in [0.2, 0.25) is 5.02 Å². The van der Waals surface area contributed by atoms with Crippen molar-refractivity contribution >= 4 is 11.6 Å². The molecule has 1 aromatic carbocycles. The van der Waals surface area contributed by atoms with Crippen LogP contribution in [0.5, 0.6) is 11.5 Å². The number of methoxy groups -OCH3 is 2. The van der Waals surface area contributed by atoms with Crippen LogP contribution in [0, 0.1) is 0 Å². The maximum Gasteiger partial charge on any atom is 0.162 e. The van der Waals surface area contributed by atoms with Crippen LogP contribution in [-0.4, -0.2) is 31.5 Å². The number of hydrogen-bond acceptors (Lipinski definition) is 4. The number of halogens is 1. The molecule has 5 heteroatoms. The Balaban J connectivity index is 2.95. The molecule has 0 aliphatic rings. The lowest BCUT2D eigenvalue weighted by Gasteiger charge is -2.22. The SMILES string of the molecule is CCC(N)C(O)CC(C)c1cc(OC)c(OC)cc1Cl. The molecule has 3 N–H and O–H groups in total. The molecule has 1 rings (SSSR count). The molecule has 0 fully saturated rings. The third-order valence-corrected chi connectivity index (χ3v) is 3.92.